The molecule has 0 unspecified atom stereocenters. The number of nitrogens with zero attached hydrogens (tertiary/aromatic N) is 1. The maximum absolute atomic E-state index is 4.07. The molecule has 2 aliphatic carbocycles. The Morgan fingerprint density at radius 2 is 1.41 bits per heavy atom. The summed E-state index contributed by atoms with van der Waals surface area (Å²) >= 11 is 0. The highest BCUT2D eigenvalue weighted by molar-refractivity contribution is 6.68. The number of aryl methyl sites for hydroxylation is 1. The van der Waals surface area contributed by atoms with E-state index in [-0.39, 0.29) is 16.2 Å². The number of fused-ring (bicyclic) bond motifs is 9. The molecule has 0 bridgehead atoms. The first-order valence-electron chi connectivity index (χ1n) is 25.0. The molecule has 66 heavy (non-hydrogen) atoms. The zero-order chi connectivity index (χ0) is 46.2. The van der Waals surface area contributed by atoms with Gasteiger partial charge in [0.2, 0.25) is 0 Å². The molecule has 1 aromatic heterocycles. The molecule has 0 amide bonds. The number of aromatic amines is 1. The molecule has 2 heterocycles. The molecule has 1 N–H and O–H groups in total. The molecule has 0 radical (unpaired) electrons. The van der Waals surface area contributed by atoms with Gasteiger partial charge < -0.3 is 9.88 Å². The van der Waals surface area contributed by atoms with Gasteiger partial charge >= 0.3 is 0 Å². The average Bonchev–Trinajstić information content (AvgIpc) is 3.86. The quantitative estimate of drug-likeness (QED) is 0.158. The van der Waals surface area contributed by atoms with Crippen LogP contribution in [0.25, 0.3) is 60.5 Å². The van der Waals surface area contributed by atoms with Crippen LogP contribution in [0.1, 0.15) is 144 Å². The van der Waals surface area contributed by atoms with Crippen LogP contribution in [-0.2, 0) is 22.7 Å². The zero-order valence-electron chi connectivity index (χ0n) is 41.7. The van der Waals surface area contributed by atoms with Crippen molar-refractivity contribution >= 4 is 62.4 Å². The van der Waals surface area contributed by atoms with Gasteiger partial charge in [-0.05, 0) is 159 Å². The van der Waals surface area contributed by atoms with E-state index in [0.717, 1.165) is 20.1 Å². The fourth-order valence-corrected chi connectivity index (χ4v) is 13.3. The number of aromatic nitrogens is 1. The van der Waals surface area contributed by atoms with E-state index in [0.29, 0.717) is 5.92 Å². The van der Waals surface area contributed by atoms with Gasteiger partial charge in [-0.1, -0.05) is 165 Å². The fraction of sp³-hybridized carbons (Fsp3) is 0.333. The first-order valence-corrected chi connectivity index (χ1v) is 25.0. The Kier molecular flexibility index (Phi) is 9.80. The van der Waals surface area contributed by atoms with Gasteiger partial charge in [-0.15, -0.1) is 0 Å². The van der Waals surface area contributed by atoms with Crippen LogP contribution in [0, 0.1) is 20.8 Å². The van der Waals surface area contributed by atoms with E-state index in [9.17, 15) is 0 Å². The predicted molar refractivity (Wildman–Crippen MR) is 288 cm³/mol. The number of allylic oxidation sites excluding steroid dienone is 1. The van der Waals surface area contributed by atoms with E-state index in [1.165, 1.54) is 136 Å². The number of hydrogen-bond donors (Lipinski definition) is 1. The molecule has 0 saturated carbocycles. The lowest BCUT2D eigenvalue weighted by atomic mass is 9.56. The van der Waals surface area contributed by atoms with E-state index in [4.69, 9.17) is 0 Å². The highest BCUT2D eigenvalue weighted by Gasteiger charge is 2.44. The Morgan fingerprint density at radius 1 is 0.697 bits per heavy atom. The summed E-state index contributed by atoms with van der Waals surface area (Å²) in [5, 5.41) is 5.09. The van der Waals surface area contributed by atoms with Crippen LogP contribution >= 0.6 is 0 Å². The van der Waals surface area contributed by atoms with Crippen LogP contribution in [0.4, 0.5) is 11.4 Å². The van der Waals surface area contributed by atoms with E-state index in [1.807, 2.05) is 0 Å². The SMILES string of the molecule is CCCC(C)(C)c1ccc(N2C3=C(Bc4c2cc(-c2ccccc2C)c(C)c4-c2cccc4c2[nH]c2c5ccccc5ccc42)Cc2cc4c(c(C)c23)C(C)(C)CCC4(C)C)cc1C(C)C. The maximum atomic E-state index is 4.07. The molecule has 0 atom stereocenters. The lowest BCUT2D eigenvalue weighted by Crippen LogP contribution is -2.36. The largest absolute Gasteiger partial charge is 0.353 e. The Bertz CT molecular complexity index is 3370. The second-order valence-corrected chi connectivity index (χ2v) is 22.7. The Hall–Kier alpha value is -5.80. The van der Waals surface area contributed by atoms with Crippen LogP contribution in [0.3, 0.4) is 0 Å². The minimum atomic E-state index is 0.0803. The molecular formula is C63H67BN2. The molecule has 0 fully saturated rings. The average molecular weight is 863 g/mol. The normalized spacial score (nSPS) is 16.2. The number of para-hydroxylation sites is 1. The van der Waals surface area contributed by atoms with Crippen LogP contribution < -0.4 is 10.4 Å². The van der Waals surface area contributed by atoms with E-state index in [2.05, 4.69) is 202 Å². The molecule has 332 valence electrons. The fourth-order valence-electron chi connectivity index (χ4n) is 13.3. The second-order valence-electron chi connectivity index (χ2n) is 22.7. The van der Waals surface area contributed by atoms with Crippen molar-refractivity contribution in [2.45, 2.75) is 137 Å². The minimum Gasteiger partial charge on any atom is -0.353 e. The van der Waals surface area contributed by atoms with Crippen molar-refractivity contribution in [2.75, 3.05) is 4.90 Å². The number of hydrogen-bond acceptors (Lipinski definition) is 1. The van der Waals surface area contributed by atoms with Gasteiger partial charge in [0.25, 0.3) is 0 Å². The summed E-state index contributed by atoms with van der Waals surface area (Å²) in [7, 11) is 0.912. The summed E-state index contributed by atoms with van der Waals surface area (Å²) in [5.41, 5.74) is 28.2. The molecule has 3 aliphatic rings. The maximum Gasteiger partial charge on any atom is 0.193 e. The highest BCUT2D eigenvalue weighted by Crippen LogP contribution is 2.55. The van der Waals surface area contributed by atoms with Crippen LogP contribution in [0.2, 0.25) is 0 Å². The second kappa shape index (κ2) is 15.1. The van der Waals surface area contributed by atoms with Crippen molar-refractivity contribution in [3.63, 3.8) is 0 Å². The molecule has 0 spiro atoms. The first kappa shape index (κ1) is 42.8. The van der Waals surface area contributed by atoms with E-state index in [1.54, 1.807) is 16.6 Å². The molecule has 1 aliphatic heterocycles. The van der Waals surface area contributed by atoms with Gasteiger partial charge in [-0.25, -0.2) is 0 Å². The molecule has 8 aromatic rings. The number of benzene rings is 7. The number of anilines is 2. The van der Waals surface area contributed by atoms with E-state index < -0.39 is 0 Å². The van der Waals surface area contributed by atoms with Crippen molar-refractivity contribution < 1.29 is 0 Å². The van der Waals surface area contributed by atoms with Gasteiger partial charge in [0.05, 0.1) is 11.0 Å². The lowest BCUT2D eigenvalue weighted by molar-refractivity contribution is 0.330. The third-order valence-electron chi connectivity index (χ3n) is 16.7. The zero-order valence-corrected chi connectivity index (χ0v) is 41.7. The van der Waals surface area contributed by atoms with Gasteiger partial charge in [0.1, 0.15) is 0 Å². The first-order chi connectivity index (χ1) is 31.5. The number of nitrogens with one attached hydrogen (secondary N) is 1. The van der Waals surface area contributed by atoms with Crippen molar-refractivity contribution in [1.29, 1.82) is 0 Å². The molecule has 7 aromatic carbocycles. The summed E-state index contributed by atoms with van der Waals surface area (Å²) in [4.78, 5) is 6.83. The van der Waals surface area contributed by atoms with Gasteiger partial charge in [0, 0.05) is 44.4 Å². The standard InChI is InChI=1S/C63H67BN2/c1-13-29-61(7,8)50-28-26-42(34-48(50)36(2)3)66-53-35-49(43-21-16-14-19-37(43)4)38(5)55(47-24-18-23-45-46-27-25-40-20-15-17-22-44(40)58(46)65-59(45)47)57(53)64-52-33-41-32-51-56(39(6)54(41)60(52)66)63(11,12)31-30-62(51,9)10/h14-28,32,34-36,64-65H,13,29-31,33H2,1-12H3. The lowest BCUT2D eigenvalue weighted by Gasteiger charge is -2.44. The monoisotopic (exact) mass is 863 g/mol. The van der Waals surface area contributed by atoms with Crippen LogP contribution in [0.15, 0.2) is 115 Å². The Balaban J connectivity index is 1.25. The van der Waals surface area contributed by atoms with Gasteiger partial charge in [-0.2, -0.15) is 0 Å². The summed E-state index contributed by atoms with van der Waals surface area (Å²) in [6, 6.07) is 42.3. The summed E-state index contributed by atoms with van der Waals surface area (Å²) in [5.74, 6) is 0.383. The smallest absolute Gasteiger partial charge is 0.193 e. The van der Waals surface area contributed by atoms with Crippen molar-refractivity contribution in [1.82, 2.24) is 4.98 Å². The van der Waals surface area contributed by atoms with Crippen molar-refractivity contribution in [2.24, 2.45) is 0 Å². The topological polar surface area (TPSA) is 19.0 Å². The molecule has 11 rings (SSSR count). The van der Waals surface area contributed by atoms with Crippen LogP contribution in [0.5, 0.6) is 0 Å². The Morgan fingerprint density at radius 3 is 2.18 bits per heavy atom. The summed E-state index contributed by atoms with van der Waals surface area (Å²) < 4.78 is 0. The Labute approximate surface area is 394 Å². The highest BCUT2D eigenvalue weighted by atomic mass is 15.2. The van der Waals surface area contributed by atoms with Crippen molar-refractivity contribution in [3.8, 4) is 22.3 Å². The number of H-pyrrole nitrogens is 1. The predicted octanol–water partition coefficient (Wildman–Crippen LogP) is 16.4. The minimum absolute atomic E-state index is 0.0803. The molecular weight excluding hydrogens is 796 g/mol. The summed E-state index contributed by atoms with van der Waals surface area (Å²) in [6.07, 6.45) is 5.72. The van der Waals surface area contributed by atoms with Gasteiger partial charge in [0.15, 0.2) is 7.28 Å². The molecule has 3 heteroatoms. The molecule has 0 saturated heterocycles. The van der Waals surface area contributed by atoms with Crippen LogP contribution in [-0.4, -0.2) is 12.3 Å². The third kappa shape index (κ3) is 6.35. The summed E-state index contributed by atoms with van der Waals surface area (Å²) in [6.45, 7) is 29.2. The van der Waals surface area contributed by atoms with Gasteiger partial charge in [-0.3, -0.25) is 0 Å². The molecule has 2 nitrogen and oxygen atoms in total. The van der Waals surface area contributed by atoms with Crippen molar-refractivity contribution in [3.05, 3.63) is 165 Å². The third-order valence-corrected chi connectivity index (χ3v) is 16.7. The number of rotatable bonds is 7. The van der Waals surface area contributed by atoms with E-state index >= 15 is 0 Å².